The van der Waals surface area contributed by atoms with E-state index in [1.54, 1.807) is 0 Å². The first-order valence-corrected chi connectivity index (χ1v) is 24.6. The maximum absolute atomic E-state index is 13.8. The fourth-order valence-corrected chi connectivity index (χ4v) is 15.1. The molecule has 3 heterocycles. The van der Waals surface area contributed by atoms with Gasteiger partial charge in [0.2, 0.25) is 0 Å². The van der Waals surface area contributed by atoms with Crippen LogP contribution in [0.2, 0.25) is 0 Å². The predicted octanol–water partition coefficient (Wildman–Crippen LogP) is -1.26. The van der Waals surface area contributed by atoms with E-state index < -0.39 is 164 Å². The third-order valence-electron chi connectivity index (χ3n) is 19.4. The van der Waals surface area contributed by atoms with Crippen LogP contribution in [0.25, 0.3) is 0 Å². The third kappa shape index (κ3) is 8.25. The van der Waals surface area contributed by atoms with Gasteiger partial charge in [-0.3, -0.25) is 9.59 Å². The number of rotatable bonds is 11. The van der Waals surface area contributed by atoms with Gasteiger partial charge in [0, 0.05) is 0 Å². The molecule has 3 aliphatic heterocycles. The largest absolute Gasteiger partial charge is 0.481 e. The van der Waals surface area contributed by atoms with Crippen LogP contribution in [0.1, 0.15) is 99.3 Å². The molecule has 0 amide bonds. The lowest BCUT2D eigenvalue weighted by molar-refractivity contribution is -0.376. The second-order valence-corrected chi connectivity index (χ2v) is 23.4. The van der Waals surface area contributed by atoms with Crippen molar-refractivity contribution in [3.63, 3.8) is 0 Å². The van der Waals surface area contributed by atoms with Gasteiger partial charge >= 0.3 is 11.9 Å². The molecule has 25 atom stereocenters. The average molecular weight is 989 g/mol. The van der Waals surface area contributed by atoms with Gasteiger partial charge in [0.15, 0.2) is 18.9 Å². The van der Waals surface area contributed by atoms with Gasteiger partial charge in [-0.15, -0.1) is 0 Å². The Labute approximate surface area is 400 Å². The van der Waals surface area contributed by atoms with E-state index in [1.807, 2.05) is 6.92 Å². The summed E-state index contributed by atoms with van der Waals surface area (Å²) >= 11 is 0. The van der Waals surface area contributed by atoms with Crippen LogP contribution in [0.15, 0.2) is 11.6 Å². The lowest BCUT2D eigenvalue weighted by Crippen LogP contribution is -2.70. The molecule has 69 heavy (non-hydrogen) atoms. The summed E-state index contributed by atoms with van der Waals surface area (Å²) in [6, 6.07) is 0. The van der Waals surface area contributed by atoms with Gasteiger partial charge in [0.1, 0.15) is 79.4 Å². The molecule has 3 saturated heterocycles. The van der Waals surface area contributed by atoms with Crippen LogP contribution < -0.4 is 0 Å². The van der Waals surface area contributed by atoms with Crippen molar-refractivity contribution >= 4 is 11.9 Å². The van der Waals surface area contributed by atoms with Crippen molar-refractivity contribution in [2.45, 2.75) is 204 Å². The number of carbonyl (C=O) groups is 2. The highest BCUT2D eigenvalue weighted by atomic mass is 16.8. The van der Waals surface area contributed by atoms with Crippen LogP contribution in [0.3, 0.4) is 0 Å². The third-order valence-corrected chi connectivity index (χ3v) is 19.4. The average Bonchev–Trinajstić information content (AvgIpc) is 3.28. The molecule has 13 N–H and O–H groups in total. The molecular formula is C48H76O21. The number of aliphatic carboxylic acids is 2. The van der Waals surface area contributed by atoms with Gasteiger partial charge in [0.05, 0.1) is 36.8 Å². The van der Waals surface area contributed by atoms with Crippen LogP contribution in [0, 0.1) is 50.2 Å². The minimum atomic E-state index is -2.03. The molecule has 0 bridgehead atoms. The van der Waals surface area contributed by atoms with Gasteiger partial charge < -0.3 is 94.8 Å². The van der Waals surface area contributed by atoms with E-state index in [1.165, 1.54) is 12.5 Å². The standard InChI is InChI=1S/C48H76O21/c1-43(2)11-13-48(42(62)63)14-12-45(4)20(21(48)15-43)7-8-26-44(3)16-22(51)37(47(6,41(60)61)27(44)9-10-46(26,45)5)69-40-35(59)36(30(54)24(18-50)66-40)68-39-34(58)32(56)29(53)25(67-39)19-64-38-33(57)31(55)28(52)23(17-49)65-38/h7,21-40,49-59H,8-19H2,1-6H3,(H,60,61)(H,62,63)/t21-,22-,23+,24+,25+,26+,27+,28+,29+,30+,31-,32-,33+,34+,35+,36-,37-,38+,39-,40-,44+,45+,46+,47-,48-/m0/s1. The molecule has 8 aliphatic rings. The number of aliphatic hydroxyl groups excluding tert-OH is 11. The molecule has 0 unspecified atom stereocenters. The van der Waals surface area contributed by atoms with E-state index in [4.69, 9.17) is 28.4 Å². The van der Waals surface area contributed by atoms with Crippen molar-refractivity contribution in [1.29, 1.82) is 0 Å². The summed E-state index contributed by atoms with van der Waals surface area (Å²) in [5, 5.41) is 141. The van der Waals surface area contributed by atoms with Gasteiger partial charge in [-0.25, -0.2) is 0 Å². The number of hydrogen-bond acceptors (Lipinski definition) is 19. The van der Waals surface area contributed by atoms with E-state index in [2.05, 4.69) is 33.8 Å². The quantitative estimate of drug-likeness (QED) is 0.0849. The molecule has 5 aliphatic carbocycles. The van der Waals surface area contributed by atoms with Crippen molar-refractivity contribution in [3.05, 3.63) is 11.6 Å². The van der Waals surface area contributed by atoms with Crippen LogP contribution in [-0.2, 0) is 38.0 Å². The van der Waals surface area contributed by atoms with E-state index >= 15 is 0 Å². The van der Waals surface area contributed by atoms with E-state index in [0.29, 0.717) is 38.5 Å². The summed E-state index contributed by atoms with van der Waals surface area (Å²) in [7, 11) is 0. The molecule has 21 heteroatoms. The Kier molecular flexibility index (Phi) is 14.5. The van der Waals surface area contributed by atoms with Gasteiger partial charge in [-0.1, -0.05) is 46.3 Å². The second-order valence-electron chi connectivity index (χ2n) is 23.4. The normalized spacial score (nSPS) is 54.0. The molecule has 0 radical (unpaired) electrons. The highest BCUT2D eigenvalue weighted by molar-refractivity contribution is 5.77. The predicted molar refractivity (Wildman–Crippen MR) is 234 cm³/mol. The summed E-state index contributed by atoms with van der Waals surface area (Å²) in [6.07, 6.45) is -22.5. The smallest absolute Gasteiger partial charge is 0.312 e. The molecule has 7 fully saturated rings. The van der Waals surface area contributed by atoms with Crippen LogP contribution in [0.5, 0.6) is 0 Å². The van der Waals surface area contributed by atoms with Crippen LogP contribution in [0.4, 0.5) is 0 Å². The maximum Gasteiger partial charge on any atom is 0.312 e. The zero-order chi connectivity index (χ0) is 50.7. The molecule has 0 aromatic heterocycles. The molecule has 0 aromatic carbocycles. The minimum Gasteiger partial charge on any atom is -0.481 e. The number of ether oxygens (including phenoxy) is 6. The Balaban J connectivity index is 1.02. The van der Waals surface area contributed by atoms with Crippen molar-refractivity contribution in [2.24, 2.45) is 50.2 Å². The topological polar surface area (TPSA) is 353 Å². The first-order valence-electron chi connectivity index (χ1n) is 24.6. The Bertz CT molecular complexity index is 1930. The molecular weight excluding hydrogens is 913 g/mol. The zero-order valence-corrected chi connectivity index (χ0v) is 40.2. The summed E-state index contributed by atoms with van der Waals surface area (Å²) in [4.78, 5) is 27.0. The molecule has 8 rings (SSSR count). The van der Waals surface area contributed by atoms with Crippen molar-refractivity contribution in [2.75, 3.05) is 19.8 Å². The molecule has 0 aromatic rings. The number of allylic oxidation sites excluding steroid dienone is 2. The molecule has 4 saturated carbocycles. The Morgan fingerprint density at radius 2 is 1.19 bits per heavy atom. The summed E-state index contributed by atoms with van der Waals surface area (Å²) in [5.74, 6) is -2.86. The lowest BCUT2D eigenvalue weighted by Gasteiger charge is -2.71. The number of fused-ring (bicyclic) bond motifs is 7. The maximum atomic E-state index is 13.8. The van der Waals surface area contributed by atoms with E-state index in [0.717, 1.165) is 12.8 Å². The van der Waals surface area contributed by atoms with Crippen molar-refractivity contribution in [1.82, 2.24) is 0 Å². The Hall–Kier alpha value is -2.00. The number of aliphatic hydroxyl groups is 11. The highest BCUT2D eigenvalue weighted by Gasteiger charge is 2.73. The fraction of sp³-hybridized carbons (Fsp3) is 0.917. The van der Waals surface area contributed by atoms with Crippen LogP contribution >= 0.6 is 0 Å². The summed E-state index contributed by atoms with van der Waals surface area (Å²) in [5.41, 5.74) is -3.05. The SMILES string of the molecule is CC1(C)CC[C@]2(C(=O)O)CC[C@]3(C)C(=CC[C@@H]4[C@@]5(C)C[C@H](O)[C@H](O[C@@H]6O[C@H](CO)[C@@H](O)[C@H](O[C@@H]7O[C@H](CO[C@@H]8O[C@H](CO)[C@@H](O)[C@H](O)[C@H]8O)[C@@H](O)[C@H](O)[C@H]7O)[C@H]6O)[C@@](C)(C(=O)O)[C@@H]5CC[C@]43C)[C@@H]2C1. The van der Waals surface area contributed by atoms with E-state index in [-0.39, 0.29) is 29.1 Å². The lowest BCUT2D eigenvalue weighted by atomic mass is 9.33. The summed E-state index contributed by atoms with van der Waals surface area (Å²) < 4.78 is 34.7. The zero-order valence-electron chi connectivity index (χ0n) is 40.2. The minimum absolute atomic E-state index is 0.0367. The number of hydrogen-bond donors (Lipinski definition) is 13. The Morgan fingerprint density at radius 3 is 1.81 bits per heavy atom. The summed E-state index contributed by atoms with van der Waals surface area (Å²) in [6.45, 7) is 10.1. The molecule has 0 spiro atoms. The molecule has 21 nitrogen and oxygen atoms in total. The first-order chi connectivity index (χ1) is 32.2. The molecule has 394 valence electrons. The van der Waals surface area contributed by atoms with Gasteiger partial charge in [0.25, 0.3) is 0 Å². The van der Waals surface area contributed by atoms with Crippen molar-refractivity contribution in [3.8, 4) is 0 Å². The monoisotopic (exact) mass is 988 g/mol. The van der Waals surface area contributed by atoms with Crippen LogP contribution in [-0.4, -0.2) is 202 Å². The van der Waals surface area contributed by atoms with Gasteiger partial charge in [-0.2, -0.15) is 0 Å². The van der Waals surface area contributed by atoms with Gasteiger partial charge in [-0.05, 0) is 104 Å². The number of carboxylic acid groups (broad SMARTS) is 2. The second kappa shape index (κ2) is 18.7. The van der Waals surface area contributed by atoms with Crippen molar-refractivity contribution < 1.29 is 104 Å². The highest BCUT2D eigenvalue weighted by Crippen LogP contribution is 2.76. The first kappa shape index (κ1) is 53.3. The Morgan fingerprint density at radius 1 is 0.623 bits per heavy atom. The van der Waals surface area contributed by atoms with E-state index in [9.17, 15) is 76.0 Å². The fourth-order valence-electron chi connectivity index (χ4n) is 15.1. The number of carboxylic acids is 2.